The third kappa shape index (κ3) is 5.03. The van der Waals surface area contributed by atoms with Crippen molar-refractivity contribution in [2.75, 3.05) is 13.7 Å². The van der Waals surface area contributed by atoms with Crippen LogP contribution >= 0.6 is 0 Å². The molecule has 1 atom stereocenters. The van der Waals surface area contributed by atoms with E-state index in [1.165, 1.54) is 5.56 Å². The zero-order valence-corrected chi connectivity index (χ0v) is 15.5. The summed E-state index contributed by atoms with van der Waals surface area (Å²) in [4.78, 5) is 11.5. The van der Waals surface area contributed by atoms with Crippen LogP contribution in [-0.2, 0) is 13.0 Å². The Hall–Kier alpha value is -1.94. The van der Waals surface area contributed by atoms with E-state index in [2.05, 4.69) is 49.7 Å². The molecule has 0 N–H and O–H groups in total. The van der Waals surface area contributed by atoms with Gasteiger partial charge >= 0.3 is 0 Å². The second-order valence-corrected chi connectivity index (χ2v) is 6.53. The number of methoxy groups -OCH3 is 1. The molecule has 0 saturated carbocycles. The monoisotopic (exact) mass is 327 g/mol. The summed E-state index contributed by atoms with van der Waals surface area (Å²) >= 11 is 0. The highest BCUT2D eigenvalue weighted by Gasteiger charge is 2.15. The van der Waals surface area contributed by atoms with Gasteiger partial charge in [-0.15, -0.1) is 0 Å². The fourth-order valence-electron chi connectivity index (χ4n) is 2.80. The summed E-state index contributed by atoms with van der Waals surface area (Å²) in [5.74, 6) is 2.18. The van der Waals surface area contributed by atoms with E-state index in [4.69, 9.17) is 9.72 Å². The predicted molar refractivity (Wildman–Crippen MR) is 98.4 cm³/mol. The summed E-state index contributed by atoms with van der Waals surface area (Å²) in [6.07, 6.45) is 2.89. The lowest BCUT2D eigenvalue weighted by molar-refractivity contribution is 0.207. The van der Waals surface area contributed by atoms with Gasteiger partial charge in [0.25, 0.3) is 0 Å². The van der Waals surface area contributed by atoms with Crippen molar-refractivity contribution in [2.24, 2.45) is 0 Å². The summed E-state index contributed by atoms with van der Waals surface area (Å²) in [6, 6.07) is 10.8. The maximum atomic E-state index is 5.23. The van der Waals surface area contributed by atoms with Gasteiger partial charge in [-0.25, -0.2) is 9.97 Å². The summed E-state index contributed by atoms with van der Waals surface area (Å²) in [6.45, 7) is 10.6. The van der Waals surface area contributed by atoms with Crippen LogP contribution in [0.2, 0.25) is 0 Å². The highest BCUT2D eigenvalue weighted by atomic mass is 16.5. The van der Waals surface area contributed by atoms with E-state index in [0.29, 0.717) is 12.0 Å². The average molecular weight is 327 g/mol. The predicted octanol–water partition coefficient (Wildman–Crippen LogP) is 4.06. The van der Waals surface area contributed by atoms with E-state index >= 15 is 0 Å². The number of rotatable bonds is 8. The normalized spacial score (nSPS) is 12.6. The van der Waals surface area contributed by atoms with Gasteiger partial charge in [-0.3, -0.25) is 4.90 Å². The van der Waals surface area contributed by atoms with Crippen LogP contribution in [0.25, 0.3) is 0 Å². The number of benzene rings is 1. The lowest BCUT2D eigenvalue weighted by atomic mass is 10.1. The van der Waals surface area contributed by atoms with E-state index in [9.17, 15) is 0 Å². The van der Waals surface area contributed by atoms with Gasteiger partial charge in [0.1, 0.15) is 11.6 Å². The average Bonchev–Trinajstić information content (AvgIpc) is 2.60. The number of ether oxygens (including phenoxy) is 1. The standard InChI is InChI=1S/C20H29N3O/c1-6-23(14-18-11-12-21-20(22-18)15(2)3)16(4)13-17-7-9-19(24-5)10-8-17/h7-12,15-16H,6,13-14H2,1-5H3. The maximum Gasteiger partial charge on any atom is 0.131 e. The summed E-state index contributed by atoms with van der Waals surface area (Å²) in [5, 5.41) is 0. The molecule has 1 aromatic heterocycles. The lowest BCUT2D eigenvalue weighted by Gasteiger charge is -2.28. The minimum atomic E-state index is 0.358. The highest BCUT2D eigenvalue weighted by Crippen LogP contribution is 2.16. The van der Waals surface area contributed by atoms with Crippen molar-refractivity contribution in [3.8, 4) is 5.75 Å². The second kappa shape index (κ2) is 8.78. The first-order chi connectivity index (χ1) is 11.5. The highest BCUT2D eigenvalue weighted by molar-refractivity contribution is 5.27. The Kier molecular flexibility index (Phi) is 6.73. The fourth-order valence-corrected chi connectivity index (χ4v) is 2.80. The molecule has 130 valence electrons. The largest absolute Gasteiger partial charge is 0.497 e. The maximum absolute atomic E-state index is 5.23. The molecule has 0 amide bonds. The van der Waals surface area contributed by atoms with Crippen LogP contribution < -0.4 is 4.74 Å². The molecule has 0 aliphatic heterocycles. The van der Waals surface area contributed by atoms with Gasteiger partial charge in [-0.1, -0.05) is 32.9 Å². The molecule has 4 nitrogen and oxygen atoms in total. The zero-order chi connectivity index (χ0) is 17.5. The van der Waals surface area contributed by atoms with Crippen LogP contribution in [0, 0.1) is 0 Å². The molecule has 0 aliphatic rings. The smallest absolute Gasteiger partial charge is 0.131 e. The van der Waals surface area contributed by atoms with Crippen LogP contribution in [0.5, 0.6) is 5.75 Å². The first-order valence-corrected chi connectivity index (χ1v) is 8.72. The molecule has 0 saturated heterocycles. The summed E-state index contributed by atoms with van der Waals surface area (Å²) < 4.78 is 5.23. The van der Waals surface area contributed by atoms with E-state index in [1.54, 1.807) is 7.11 Å². The summed E-state index contributed by atoms with van der Waals surface area (Å²) in [5.41, 5.74) is 2.42. The molecular formula is C20H29N3O. The van der Waals surface area contributed by atoms with Crippen molar-refractivity contribution in [3.05, 3.63) is 53.6 Å². The number of likely N-dealkylation sites (N-methyl/N-ethyl adjacent to an activating group) is 1. The second-order valence-electron chi connectivity index (χ2n) is 6.53. The molecule has 1 aromatic carbocycles. The SMILES string of the molecule is CCN(Cc1ccnc(C(C)C)n1)C(C)Cc1ccc(OC)cc1. The van der Waals surface area contributed by atoms with Crippen LogP contribution in [-0.4, -0.2) is 34.6 Å². The summed E-state index contributed by atoms with van der Waals surface area (Å²) in [7, 11) is 1.70. The van der Waals surface area contributed by atoms with Crippen molar-refractivity contribution in [2.45, 2.75) is 52.6 Å². The van der Waals surface area contributed by atoms with Crippen molar-refractivity contribution >= 4 is 0 Å². The van der Waals surface area contributed by atoms with Crippen molar-refractivity contribution in [1.82, 2.24) is 14.9 Å². The first kappa shape index (κ1) is 18.4. The molecule has 0 radical (unpaired) electrons. The molecule has 4 heteroatoms. The molecule has 0 bridgehead atoms. The molecular weight excluding hydrogens is 298 g/mol. The van der Waals surface area contributed by atoms with Gasteiger partial charge in [-0.05, 0) is 43.7 Å². The molecule has 2 aromatic rings. The van der Waals surface area contributed by atoms with E-state index in [-0.39, 0.29) is 0 Å². The Balaban J connectivity index is 2.02. The van der Waals surface area contributed by atoms with Crippen molar-refractivity contribution in [1.29, 1.82) is 0 Å². The molecule has 0 spiro atoms. The van der Waals surface area contributed by atoms with Crippen LogP contribution in [0.4, 0.5) is 0 Å². The van der Waals surface area contributed by atoms with E-state index in [0.717, 1.165) is 36.8 Å². The van der Waals surface area contributed by atoms with Gasteiger partial charge < -0.3 is 4.74 Å². The third-order valence-corrected chi connectivity index (χ3v) is 4.33. The Labute approximate surface area is 145 Å². The molecule has 1 heterocycles. The topological polar surface area (TPSA) is 38.2 Å². The van der Waals surface area contributed by atoms with Gasteiger partial charge in [0.15, 0.2) is 0 Å². The lowest BCUT2D eigenvalue weighted by Crippen LogP contribution is -2.34. The Morgan fingerprint density at radius 3 is 2.38 bits per heavy atom. The number of hydrogen-bond donors (Lipinski definition) is 0. The molecule has 24 heavy (non-hydrogen) atoms. The van der Waals surface area contributed by atoms with Crippen LogP contribution in [0.15, 0.2) is 36.5 Å². The minimum Gasteiger partial charge on any atom is -0.497 e. The van der Waals surface area contributed by atoms with Crippen LogP contribution in [0.1, 0.15) is 50.7 Å². The zero-order valence-electron chi connectivity index (χ0n) is 15.5. The first-order valence-electron chi connectivity index (χ1n) is 8.72. The minimum absolute atomic E-state index is 0.358. The fraction of sp³-hybridized carbons (Fsp3) is 0.500. The van der Waals surface area contributed by atoms with E-state index < -0.39 is 0 Å². The Morgan fingerprint density at radius 2 is 1.79 bits per heavy atom. The van der Waals surface area contributed by atoms with Gasteiger partial charge in [0.05, 0.1) is 12.8 Å². The molecule has 1 unspecified atom stereocenters. The number of hydrogen-bond acceptors (Lipinski definition) is 4. The third-order valence-electron chi connectivity index (χ3n) is 4.33. The van der Waals surface area contributed by atoms with Crippen molar-refractivity contribution < 1.29 is 4.74 Å². The number of aromatic nitrogens is 2. The van der Waals surface area contributed by atoms with Gasteiger partial charge in [0, 0.05) is 24.7 Å². The molecule has 0 aliphatic carbocycles. The Morgan fingerprint density at radius 1 is 1.08 bits per heavy atom. The van der Waals surface area contributed by atoms with Crippen LogP contribution in [0.3, 0.4) is 0 Å². The Bertz CT molecular complexity index is 625. The van der Waals surface area contributed by atoms with Gasteiger partial charge in [0.2, 0.25) is 0 Å². The molecule has 0 fully saturated rings. The van der Waals surface area contributed by atoms with Crippen molar-refractivity contribution in [3.63, 3.8) is 0 Å². The van der Waals surface area contributed by atoms with E-state index in [1.807, 2.05) is 24.4 Å². The van der Waals surface area contributed by atoms with Gasteiger partial charge in [-0.2, -0.15) is 0 Å². The molecule has 2 rings (SSSR count). The number of nitrogens with zero attached hydrogens (tertiary/aromatic N) is 3. The quantitative estimate of drug-likeness (QED) is 0.733.